The Balaban J connectivity index is 1.20. The maximum atomic E-state index is 13.3. The van der Waals surface area contributed by atoms with E-state index in [9.17, 15) is 4.79 Å². The number of thiazole rings is 1. The number of para-hydroxylation sites is 2. The highest BCUT2D eigenvalue weighted by atomic mass is 32.1. The van der Waals surface area contributed by atoms with Crippen LogP contribution in [0.1, 0.15) is 16.1 Å². The summed E-state index contributed by atoms with van der Waals surface area (Å²) in [6, 6.07) is 27.3. The van der Waals surface area contributed by atoms with Crippen molar-refractivity contribution in [2.24, 2.45) is 0 Å². The first-order chi connectivity index (χ1) is 16.3. The van der Waals surface area contributed by atoms with Crippen molar-refractivity contribution >= 4 is 17.2 Å². The molecule has 3 aromatic carbocycles. The summed E-state index contributed by atoms with van der Waals surface area (Å²) in [5.74, 6) is 1.33. The fraction of sp³-hybridized carbons (Fsp3) is 0.185. The van der Waals surface area contributed by atoms with Crippen LogP contribution in [0.25, 0.3) is 10.6 Å². The molecule has 1 fully saturated rings. The van der Waals surface area contributed by atoms with Crippen LogP contribution in [0.2, 0.25) is 0 Å². The summed E-state index contributed by atoms with van der Waals surface area (Å²) >= 11 is 1.68. The van der Waals surface area contributed by atoms with Gasteiger partial charge in [-0.3, -0.25) is 9.69 Å². The van der Waals surface area contributed by atoms with E-state index in [2.05, 4.69) is 22.4 Å². The molecule has 6 heteroatoms. The van der Waals surface area contributed by atoms with Gasteiger partial charge in [0.2, 0.25) is 0 Å². The Morgan fingerprint density at radius 1 is 0.848 bits per heavy atom. The van der Waals surface area contributed by atoms with Crippen molar-refractivity contribution in [3.05, 3.63) is 102 Å². The molecule has 0 radical (unpaired) electrons. The number of amides is 1. The molecule has 0 spiro atoms. The first-order valence-electron chi connectivity index (χ1n) is 11.1. The van der Waals surface area contributed by atoms with Gasteiger partial charge in [-0.2, -0.15) is 0 Å². The van der Waals surface area contributed by atoms with Crippen LogP contribution in [0.4, 0.5) is 0 Å². The number of aromatic nitrogens is 1. The van der Waals surface area contributed by atoms with Gasteiger partial charge in [-0.1, -0.05) is 60.7 Å². The van der Waals surface area contributed by atoms with Crippen molar-refractivity contribution in [3.8, 4) is 22.1 Å². The molecule has 5 nitrogen and oxygen atoms in total. The van der Waals surface area contributed by atoms with Gasteiger partial charge in [0.05, 0.1) is 11.3 Å². The molecule has 0 atom stereocenters. The molecule has 1 amide bonds. The Morgan fingerprint density at radius 3 is 2.27 bits per heavy atom. The van der Waals surface area contributed by atoms with E-state index in [0.29, 0.717) is 24.4 Å². The monoisotopic (exact) mass is 455 g/mol. The number of benzene rings is 3. The summed E-state index contributed by atoms with van der Waals surface area (Å²) in [5, 5.41) is 3.19. The summed E-state index contributed by atoms with van der Waals surface area (Å²) < 4.78 is 6.00. The molecular weight excluding hydrogens is 430 g/mol. The molecule has 1 aliphatic rings. The Morgan fingerprint density at radius 2 is 1.52 bits per heavy atom. The van der Waals surface area contributed by atoms with Gasteiger partial charge in [-0.25, -0.2) is 4.98 Å². The molecule has 0 unspecified atom stereocenters. The van der Waals surface area contributed by atoms with E-state index in [1.165, 1.54) is 0 Å². The van der Waals surface area contributed by atoms with Crippen LogP contribution in [0.5, 0.6) is 11.5 Å². The average Bonchev–Trinajstić information content (AvgIpc) is 3.34. The lowest BCUT2D eigenvalue weighted by Crippen LogP contribution is -2.48. The number of nitrogens with zero attached hydrogens (tertiary/aromatic N) is 3. The lowest BCUT2D eigenvalue weighted by molar-refractivity contribution is 0.0625. The maximum absolute atomic E-state index is 13.3. The molecule has 1 saturated heterocycles. The minimum absolute atomic E-state index is 0.0150. The van der Waals surface area contributed by atoms with Gasteiger partial charge in [-0.15, -0.1) is 11.3 Å². The topological polar surface area (TPSA) is 45.7 Å². The third-order valence-corrected chi connectivity index (χ3v) is 6.65. The molecule has 0 aliphatic carbocycles. The number of carbonyl (C=O) groups is 1. The number of carbonyl (C=O) groups excluding carboxylic acids is 1. The highest BCUT2D eigenvalue weighted by Crippen LogP contribution is 2.27. The highest BCUT2D eigenvalue weighted by molar-refractivity contribution is 7.13. The first-order valence-corrected chi connectivity index (χ1v) is 12.0. The van der Waals surface area contributed by atoms with E-state index in [0.717, 1.165) is 41.6 Å². The molecule has 1 aliphatic heterocycles. The van der Waals surface area contributed by atoms with Gasteiger partial charge in [0.15, 0.2) is 0 Å². The summed E-state index contributed by atoms with van der Waals surface area (Å²) in [6.45, 7) is 3.83. The zero-order valence-corrected chi connectivity index (χ0v) is 19.1. The lowest BCUT2D eigenvalue weighted by atomic mass is 10.1. The van der Waals surface area contributed by atoms with Gasteiger partial charge >= 0.3 is 0 Å². The third kappa shape index (κ3) is 5.13. The predicted molar refractivity (Wildman–Crippen MR) is 132 cm³/mol. The Labute approximate surface area is 197 Å². The largest absolute Gasteiger partial charge is 0.457 e. The molecule has 1 aromatic heterocycles. The molecule has 2 heterocycles. The normalized spacial score (nSPS) is 14.2. The van der Waals surface area contributed by atoms with Crippen LogP contribution < -0.4 is 4.74 Å². The summed E-state index contributed by atoms with van der Waals surface area (Å²) in [6.07, 6.45) is 0. The van der Waals surface area contributed by atoms with Crippen LogP contribution in [-0.4, -0.2) is 46.9 Å². The summed E-state index contributed by atoms with van der Waals surface area (Å²) in [4.78, 5) is 22.3. The fourth-order valence-corrected chi connectivity index (χ4v) is 4.77. The second-order valence-electron chi connectivity index (χ2n) is 7.99. The number of hydrogen-bond acceptors (Lipinski definition) is 5. The van der Waals surface area contributed by atoms with Gasteiger partial charge in [-0.05, 0) is 24.3 Å². The van der Waals surface area contributed by atoms with E-state index in [-0.39, 0.29) is 5.91 Å². The van der Waals surface area contributed by atoms with Crippen molar-refractivity contribution in [2.45, 2.75) is 6.54 Å². The van der Waals surface area contributed by atoms with Gasteiger partial charge in [0.1, 0.15) is 16.5 Å². The molecule has 0 bridgehead atoms. The molecule has 166 valence electrons. The second-order valence-corrected chi connectivity index (χ2v) is 8.85. The molecule has 33 heavy (non-hydrogen) atoms. The minimum atomic E-state index is 0.0150. The van der Waals surface area contributed by atoms with Crippen LogP contribution >= 0.6 is 11.3 Å². The lowest BCUT2D eigenvalue weighted by Gasteiger charge is -2.34. The SMILES string of the molecule is O=C(c1ccccc1Oc1ccccc1)N1CCN(Cc2csc(-c3ccccc3)n2)CC1. The van der Waals surface area contributed by atoms with Gasteiger partial charge in [0, 0.05) is 43.7 Å². The van der Waals surface area contributed by atoms with E-state index in [1.807, 2.05) is 77.7 Å². The van der Waals surface area contributed by atoms with E-state index >= 15 is 0 Å². The summed E-state index contributed by atoms with van der Waals surface area (Å²) in [5.41, 5.74) is 2.84. The van der Waals surface area contributed by atoms with E-state index < -0.39 is 0 Å². The van der Waals surface area contributed by atoms with Crippen LogP contribution in [0, 0.1) is 0 Å². The standard InChI is InChI=1S/C27H25N3O2S/c31-27(24-13-7-8-14-25(24)32-23-11-5-2-6-12-23)30-17-15-29(16-18-30)19-22-20-33-26(28-22)21-9-3-1-4-10-21/h1-14,20H,15-19H2. The highest BCUT2D eigenvalue weighted by Gasteiger charge is 2.25. The zero-order chi connectivity index (χ0) is 22.5. The molecule has 4 aromatic rings. The molecule has 0 saturated carbocycles. The first kappa shape index (κ1) is 21.4. The zero-order valence-electron chi connectivity index (χ0n) is 18.3. The van der Waals surface area contributed by atoms with Crippen molar-refractivity contribution in [1.29, 1.82) is 0 Å². The minimum Gasteiger partial charge on any atom is -0.457 e. The maximum Gasteiger partial charge on any atom is 0.257 e. The second kappa shape index (κ2) is 9.98. The Hall–Kier alpha value is -3.48. The summed E-state index contributed by atoms with van der Waals surface area (Å²) in [7, 11) is 0. The quantitative estimate of drug-likeness (QED) is 0.382. The number of ether oxygens (including phenoxy) is 1. The third-order valence-electron chi connectivity index (χ3n) is 5.71. The predicted octanol–water partition coefficient (Wildman–Crippen LogP) is 5.56. The van der Waals surface area contributed by atoms with E-state index in [1.54, 1.807) is 11.3 Å². The van der Waals surface area contributed by atoms with Crippen LogP contribution in [-0.2, 0) is 6.54 Å². The van der Waals surface area contributed by atoms with Crippen molar-refractivity contribution in [1.82, 2.24) is 14.8 Å². The molecular formula is C27H25N3O2S. The van der Waals surface area contributed by atoms with Crippen LogP contribution in [0.15, 0.2) is 90.3 Å². The van der Waals surface area contributed by atoms with E-state index in [4.69, 9.17) is 9.72 Å². The fourth-order valence-electron chi connectivity index (χ4n) is 3.95. The smallest absolute Gasteiger partial charge is 0.257 e. The molecule has 5 rings (SSSR count). The van der Waals surface area contributed by atoms with Crippen molar-refractivity contribution < 1.29 is 9.53 Å². The van der Waals surface area contributed by atoms with Crippen LogP contribution in [0.3, 0.4) is 0 Å². The number of rotatable bonds is 6. The number of piperazine rings is 1. The molecule has 0 N–H and O–H groups in total. The Bertz CT molecular complexity index is 1200. The van der Waals surface area contributed by atoms with Gasteiger partial charge < -0.3 is 9.64 Å². The number of hydrogen-bond donors (Lipinski definition) is 0. The Kier molecular flexibility index (Phi) is 6.46. The van der Waals surface area contributed by atoms with Crippen molar-refractivity contribution in [2.75, 3.05) is 26.2 Å². The van der Waals surface area contributed by atoms with Gasteiger partial charge in [0.25, 0.3) is 5.91 Å². The van der Waals surface area contributed by atoms with Crippen molar-refractivity contribution in [3.63, 3.8) is 0 Å². The average molecular weight is 456 g/mol.